The van der Waals surface area contributed by atoms with Crippen LogP contribution in [-0.4, -0.2) is 26.5 Å². The lowest BCUT2D eigenvalue weighted by Gasteiger charge is -2.33. The molecule has 0 saturated carbocycles. The van der Waals surface area contributed by atoms with Crippen LogP contribution in [0.4, 0.5) is 0 Å². The van der Waals surface area contributed by atoms with Crippen LogP contribution in [-0.2, 0) is 14.8 Å². The van der Waals surface area contributed by atoms with Crippen LogP contribution in [0.1, 0.15) is 6.42 Å². The Bertz CT molecular complexity index is 605. The maximum absolute atomic E-state index is 12.7. The number of nitrogens with zero attached hydrogens (tertiary/aromatic N) is 1. The van der Waals surface area contributed by atoms with E-state index in [-0.39, 0.29) is 11.3 Å². The minimum atomic E-state index is -3.86. The molecule has 0 heterocycles. The monoisotopic (exact) mass is 331 g/mol. The molecule has 7 heteroatoms. The number of hydrogen-bond acceptors (Lipinski definition) is 3. The molecule has 1 rings (SSSR count). The van der Waals surface area contributed by atoms with Crippen molar-refractivity contribution in [2.75, 3.05) is 0 Å². The highest BCUT2D eigenvalue weighted by Crippen LogP contribution is 2.24. The molecule has 0 N–H and O–H groups in total. The lowest BCUT2D eigenvalue weighted by atomic mass is 10.4. The number of amides is 1. The van der Waals surface area contributed by atoms with Crippen LogP contribution < -0.4 is 0 Å². The molecule has 0 saturated heterocycles. The van der Waals surface area contributed by atoms with Gasteiger partial charge in [-0.25, -0.2) is 8.42 Å². The van der Waals surface area contributed by atoms with Gasteiger partial charge < -0.3 is 0 Å². The zero-order valence-electron chi connectivity index (χ0n) is 11.8. The summed E-state index contributed by atoms with van der Waals surface area (Å²) < 4.78 is 26.4. The predicted octanol–water partition coefficient (Wildman–Crippen LogP) is 3.27. The summed E-state index contributed by atoms with van der Waals surface area (Å²) in [5.41, 5.74) is 0. The average molecular weight is 332 g/mol. The second-order valence-corrected chi connectivity index (χ2v) is 12.6. The van der Waals surface area contributed by atoms with E-state index in [1.807, 2.05) is 19.6 Å². The number of benzene rings is 1. The van der Waals surface area contributed by atoms with Gasteiger partial charge in [0.15, 0.2) is 8.24 Å². The van der Waals surface area contributed by atoms with Crippen molar-refractivity contribution in [3.05, 3.63) is 41.9 Å². The molecular weight excluding hydrogens is 314 g/mol. The number of sulfonamides is 1. The average Bonchev–Trinajstić information content (AvgIpc) is 2.27. The topological polar surface area (TPSA) is 54.5 Å². The zero-order valence-corrected chi connectivity index (χ0v) is 14.3. The van der Waals surface area contributed by atoms with Crippen molar-refractivity contribution in [1.82, 2.24) is 3.97 Å². The third-order valence-corrected chi connectivity index (χ3v) is 8.14. The first kappa shape index (κ1) is 16.9. The van der Waals surface area contributed by atoms with Crippen molar-refractivity contribution >= 4 is 35.8 Å². The molecule has 0 atom stereocenters. The molecule has 0 fully saturated rings. The Labute approximate surface area is 126 Å². The van der Waals surface area contributed by atoms with Crippen LogP contribution in [0.5, 0.6) is 0 Å². The third kappa shape index (κ3) is 3.71. The van der Waals surface area contributed by atoms with E-state index in [1.54, 1.807) is 0 Å². The fourth-order valence-corrected chi connectivity index (χ4v) is 6.99. The maximum atomic E-state index is 12.7. The minimum absolute atomic E-state index is 0.00289. The van der Waals surface area contributed by atoms with Gasteiger partial charge in [-0.05, 0) is 24.3 Å². The summed E-state index contributed by atoms with van der Waals surface area (Å²) in [6.07, 6.45) is 1.41. The lowest BCUT2D eigenvalue weighted by Crippen LogP contribution is -2.52. The fraction of sp³-hybridized carbons (Fsp3) is 0.308. The molecule has 1 aromatic rings. The van der Waals surface area contributed by atoms with Crippen molar-refractivity contribution in [2.24, 2.45) is 0 Å². The predicted molar refractivity (Wildman–Crippen MR) is 83.6 cm³/mol. The van der Waals surface area contributed by atoms with Crippen molar-refractivity contribution in [1.29, 1.82) is 0 Å². The molecule has 1 amide bonds. The summed E-state index contributed by atoms with van der Waals surface area (Å²) in [4.78, 5) is 12.2. The Balaban J connectivity index is 3.35. The largest absolute Gasteiger partial charge is 0.274 e. The molecule has 1 aromatic carbocycles. The normalized spacial score (nSPS) is 12.0. The molecule has 110 valence electrons. The van der Waals surface area contributed by atoms with Gasteiger partial charge in [-0.15, -0.1) is 6.58 Å². The van der Waals surface area contributed by atoms with Crippen molar-refractivity contribution in [2.45, 2.75) is 31.0 Å². The Morgan fingerprint density at radius 1 is 1.30 bits per heavy atom. The van der Waals surface area contributed by atoms with Crippen LogP contribution >= 0.6 is 11.6 Å². The van der Waals surface area contributed by atoms with Crippen molar-refractivity contribution in [3.63, 3.8) is 0 Å². The van der Waals surface area contributed by atoms with Gasteiger partial charge in [-0.3, -0.25) is 8.77 Å². The van der Waals surface area contributed by atoms with E-state index >= 15 is 0 Å². The van der Waals surface area contributed by atoms with Crippen LogP contribution in [0.15, 0.2) is 41.8 Å². The minimum Gasteiger partial charge on any atom is -0.274 e. The number of carbonyl (C=O) groups is 1. The van der Waals surface area contributed by atoms with E-state index in [2.05, 4.69) is 6.58 Å². The van der Waals surface area contributed by atoms with Crippen LogP contribution in [0.2, 0.25) is 24.7 Å². The first-order valence-electron chi connectivity index (χ1n) is 6.05. The first-order chi connectivity index (χ1) is 9.10. The Morgan fingerprint density at radius 2 is 1.80 bits per heavy atom. The molecule has 20 heavy (non-hydrogen) atoms. The lowest BCUT2D eigenvalue weighted by molar-refractivity contribution is -0.122. The first-order valence-corrected chi connectivity index (χ1v) is 11.3. The molecular formula is C13H18ClNO3SSi. The standard InChI is InChI=1S/C13H18ClNO3SSi/c1-5-6-13(16)15(20(2,3)4)19(17,18)12-9-7-11(14)8-10-12/h5,7-10H,1,6H2,2-4H3. The van der Waals surface area contributed by atoms with E-state index in [0.29, 0.717) is 5.02 Å². The van der Waals surface area contributed by atoms with Crippen LogP contribution in [0, 0.1) is 0 Å². The van der Waals surface area contributed by atoms with Crippen molar-refractivity contribution < 1.29 is 13.2 Å². The van der Waals surface area contributed by atoms with Crippen molar-refractivity contribution in [3.8, 4) is 0 Å². The molecule has 0 aliphatic heterocycles. The molecule has 0 bridgehead atoms. The van der Waals surface area contributed by atoms with Gasteiger partial charge in [0.1, 0.15) is 0 Å². The molecule has 0 radical (unpaired) electrons. The second-order valence-electron chi connectivity index (χ2n) is 5.28. The highest BCUT2D eigenvalue weighted by molar-refractivity contribution is 7.91. The quantitative estimate of drug-likeness (QED) is 0.614. The molecule has 0 aliphatic carbocycles. The van der Waals surface area contributed by atoms with E-state index in [1.165, 1.54) is 30.3 Å². The Hall–Kier alpha value is -1.11. The summed E-state index contributed by atoms with van der Waals surface area (Å²) in [6, 6.07) is 5.81. The summed E-state index contributed by atoms with van der Waals surface area (Å²) in [5, 5.41) is 0.445. The van der Waals surface area contributed by atoms with Crippen LogP contribution in [0.25, 0.3) is 0 Å². The highest BCUT2D eigenvalue weighted by atomic mass is 35.5. The zero-order chi connectivity index (χ0) is 15.6. The summed E-state index contributed by atoms with van der Waals surface area (Å²) >= 11 is 5.76. The number of halogens is 1. The molecule has 0 aliphatic rings. The number of hydrogen-bond donors (Lipinski definition) is 0. The summed E-state index contributed by atoms with van der Waals surface area (Å²) in [7, 11) is -6.26. The SMILES string of the molecule is C=CCC(=O)N([Si](C)(C)C)S(=O)(=O)c1ccc(Cl)cc1. The smallest absolute Gasteiger partial charge is 0.259 e. The van der Waals surface area contributed by atoms with E-state index in [0.717, 1.165) is 3.97 Å². The Kier molecular flexibility index (Phi) is 5.18. The Morgan fingerprint density at radius 3 is 2.20 bits per heavy atom. The third-order valence-electron chi connectivity index (χ3n) is 2.51. The molecule has 0 spiro atoms. The van der Waals surface area contributed by atoms with Gasteiger partial charge in [0.05, 0.1) is 4.90 Å². The van der Waals surface area contributed by atoms with Gasteiger partial charge in [0.2, 0.25) is 5.91 Å². The second kappa shape index (κ2) is 6.11. The highest BCUT2D eigenvalue weighted by Gasteiger charge is 2.38. The molecule has 0 unspecified atom stereocenters. The maximum Gasteiger partial charge on any atom is 0.259 e. The van der Waals surface area contributed by atoms with Crippen LogP contribution in [0.3, 0.4) is 0 Å². The van der Waals surface area contributed by atoms with Gasteiger partial charge in [0, 0.05) is 11.4 Å². The van der Waals surface area contributed by atoms with Gasteiger partial charge in [0.25, 0.3) is 10.0 Å². The molecule has 4 nitrogen and oxygen atoms in total. The van der Waals surface area contributed by atoms with E-state index in [9.17, 15) is 13.2 Å². The van der Waals surface area contributed by atoms with Gasteiger partial charge >= 0.3 is 0 Å². The van der Waals surface area contributed by atoms with Gasteiger partial charge in [-0.2, -0.15) is 0 Å². The summed E-state index contributed by atoms with van der Waals surface area (Å²) in [5.74, 6) is -0.450. The van der Waals surface area contributed by atoms with E-state index in [4.69, 9.17) is 11.6 Å². The number of rotatable bonds is 5. The van der Waals surface area contributed by atoms with E-state index < -0.39 is 24.2 Å². The van der Waals surface area contributed by atoms with Gasteiger partial charge in [-0.1, -0.05) is 37.3 Å². The molecule has 0 aromatic heterocycles. The number of carbonyl (C=O) groups excluding carboxylic acids is 1. The fourth-order valence-electron chi connectivity index (χ4n) is 1.79. The summed E-state index contributed by atoms with van der Waals surface area (Å²) in [6.45, 7) is 8.91.